The van der Waals surface area contributed by atoms with E-state index in [9.17, 15) is 4.79 Å². The molecule has 116 valence electrons. The first kappa shape index (κ1) is 14.8. The van der Waals surface area contributed by atoms with E-state index < -0.39 is 0 Å². The highest BCUT2D eigenvalue weighted by molar-refractivity contribution is 7.15. The first-order valence-corrected chi connectivity index (χ1v) is 8.84. The summed E-state index contributed by atoms with van der Waals surface area (Å²) in [5, 5.41) is 7.57. The maximum absolute atomic E-state index is 11.7. The summed E-state index contributed by atoms with van der Waals surface area (Å²) in [5.41, 5.74) is 1.24. The smallest absolute Gasteiger partial charge is 0.239 e. The van der Waals surface area contributed by atoms with Gasteiger partial charge in [-0.15, -0.1) is 11.3 Å². The second-order valence-electron chi connectivity index (χ2n) is 5.83. The number of amides is 1. The van der Waals surface area contributed by atoms with Crippen LogP contribution < -0.4 is 15.5 Å². The minimum atomic E-state index is 0.112. The number of carbonyl (C=O) groups excluding carboxylic acids is 1. The molecular weight excluding hydrogens is 284 g/mol. The normalized spacial score (nSPS) is 22.6. The molecule has 21 heavy (non-hydrogen) atoms. The predicted octanol–water partition coefficient (Wildman–Crippen LogP) is 1.85. The number of nitrogens with one attached hydrogen (secondary N) is 2. The first-order valence-electron chi connectivity index (χ1n) is 8.02. The zero-order valence-corrected chi connectivity index (χ0v) is 13.5. The fourth-order valence-electron chi connectivity index (χ4n) is 3.03. The van der Waals surface area contributed by atoms with E-state index in [2.05, 4.69) is 22.5 Å². The van der Waals surface area contributed by atoms with Gasteiger partial charge in [-0.25, -0.2) is 4.98 Å². The van der Waals surface area contributed by atoms with E-state index in [1.165, 1.54) is 23.4 Å². The average molecular weight is 308 g/mol. The zero-order valence-electron chi connectivity index (χ0n) is 12.7. The highest BCUT2D eigenvalue weighted by Gasteiger charge is 2.26. The van der Waals surface area contributed by atoms with Gasteiger partial charge in [0.2, 0.25) is 5.91 Å². The molecular formula is C15H24N4OS. The summed E-state index contributed by atoms with van der Waals surface area (Å²) >= 11 is 1.79. The fraction of sp³-hybridized carbons (Fsp3) is 0.733. The number of fused-ring (bicyclic) bond motifs is 1. The maximum atomic E-state index is 11.7. The van der Waals surface area contributed by atoms with Gasteiger partial charge in [0, 0.05) is 18.0 Å². The fourth-order valence-corrected chi connectivity index (χ4v) is 4.22. The molecule has 1 aliphatic heterocycles. The van der Waals surface area contributed by atoms with Crippen molar-refractivity contribution < 1.29 is 4.79 Å². The Morgan fingerprint density at radius 2 is 2.38 bits per heavy atom. The van der Waals surface area contributed by atoms with Crippen LogP contribution in [0.1, 0.15) is 49.2 Å². The summed E-state index contributed by atoms with van der Waals surface area (Å²) in [5.74, 6) is 0.112. The standard InChI is InChI=1S/C15H24N4OS/c1-2-7-16-11-5-3-6-12-14(11)18-15(21-12)19-9-4-8-17-13(20)10-19/h11,16H,2-10H2,1H3,(H,17,20). The Bertz CT molecular complexity index is 502. The lowest BCUT2D eigenvalue weighted by molar-refractivity contribution is -0.119. The number of thiazole rings is 1. The molecule has 1 unspecified atom stereocenters. The predicted molar refractivity (Wildman–Crippen MR) is 85.9 cm³/mol. The molecule has 0 aromatic carbocycles. The molecule has 1 aliphatic carbocycles. The van der Waals surface area contributed by atoms with Crippen LogP contribution in [0, 0.1) is 0 Å². The molecule has 5 nitrogen and oxygen atoms in total. The molecule has 3 rings (SSSR count). The third-order valence-electron chi connectivity index (χ3n) is 4.12. The number of rotatable bonds is 4. The molecule has 2 heterocycles. The number of aromatic nitrogens is 1. The molecule has 2 N–H and O–H groups in total. The summed E-state index contributed by atoms with van der Waals surface area (Å²) in [7, 11) is 0. The Hall–Kier alpha value is -1.14. The number of nitrogens with zero attached hydrogens (tertiary/aromatic N) is 2. The van der Waals surface area contributed by atoms with E-state index in [0.29, 0.717) is 12.6 Å². The van der Waals surface area contributed by atoms with E-state index >= 15 is 0 Å². The molecule has 0 saturated carbocycles. The van der Waals surface area contributed by atoms with Gasteiger partial charge in [0.1, 0.15) is 0 Å². The van der Waals surface area contributed by atoms with E-state index in [4.69, 9.17) is 4.98 Å². The van der Waals surface area contributed by atoms with Crippen molar-refractivity contribution in [2.75, 3.05) is 31.1 Å². The lowest BCUT2D eigenvalue weighted by Gasteiger charge is -2.22. The van der Waals surface area contributed by atoms with Crippen molar-refractivity contribution in [1.29, 1.82) is 0 Å². The van der Waals surface area contributed by atoms with Crippen LogP contribution in [0.2, 0.25) is 0 Å². The molecule has 1 fully saturated rings. The van der Waals surface area contributed by atoms with Crippen LogP contribution in [-0.4, -0.2) is 37.1 Å². The highest BCUT2D eigenvalue weighted by Crippen LogP contribution is 2.36. The average Bonchev–Trinajstić information content (AvgIpc) is 2.81. The number of carbonyl (C=O) groups is 1. The lowest BCUT2D eigenvalue weighted by atomic mass is 9.97. The summed E-state index contributed by atoms with van der Waals surface area (Å²) in [4.78, 5) is 20.2. The summed E-state index contributed by atoms with van der Waals surface area (Å²) in [6.07, 6.45) is 5.69. The molecule has 1 amide bonds. The van der Waals surface area contributed by atoms with Gasteiger partial charge >= 0.3 is 0 Å². The molecule has 0 radical (unpaired) electrons. The Kier molecular flexibility index (Phi) is 4.75. The van der Waals surface area contributed by atoms with Gasteiger partial charge < -0.3 is 15.5 Å². The highest BCUT2D eigenvalue weighted by atomic mass is 32.1. The molecule has 2 aliphatic rings. The van der Waals surface area contributed by atoms with Crippen molar-refractivity contribution in [3.8, 4) is 0 Å². The molecule has 1 aromatic rings. The van der Waals surface area contributed by atoms with Crippen molar-refractivity contribution in [2.24, 2.45) is 0 Å². The Labute approximate surface area is 130 Å². The first-order chi connectivity index (χ1) is 10.3. The van der Waals surface area contributed by atoms with E-state index in [1.54, 1.807) is 11.3 Å². The quantitative estimate of drug-likeness (QED) is 0.891. The Morgan fingerprint density at radius 3 is 3.24 bits per heavy atom. The van der Waals surface area contributed by atoms with Gasteiger partial charge in [-0.3, -0.25) is 4.79 Å². The molecule has 6 heteroatoms. The van der Waals surface area contributed by atoms with Crippen LogP contribution in [-0.2, 0) is 11.2 Å². The Balaban J connectivity index is 1.78. The third kappa shape index (κ3) is 3.37. The van der Waals surface area contributed by atoms with Gasteiger partial charge in [-0.1, -0.05) is 6.92 Å². The summed E-state index contributed by atoms with van der Waals surface area (Å²) in [6.45, 7) is 5.38. The van der Waals surface area contributed by atoms with Crippen LogP contribution >= 0.6 is 11.3 Å². The van der Waals surface area contributed by atoms with Crippen molar-refractivity contribution in [1.82, 2.24) is 15.6 Å². The van der Waals surface area contributed by atoms with Gasteiger partial charge in [0.15, 0.2) is 5.13 Å². The van der Waals surface area contributed by atoms with E-state index in [0.717, 1.165) is 44.0 Å². The minimum absolute atomic E-state index is 0.112. The van der Waals surface area contributed by atoms with Gasteiger partial charge in [0.25, 0.3) is 0 Å². The largest absolute Gasteiger partial charge is 0.354 e. The van der Waals surface area contributed by atoms with Crippen LogP contribution in [0.3, 0.4) is 0 Å². The second-order valence-corrected chi connectivity index (χ2v) is 6.89. The van der Waals surface area contributed by atoms with E-state index in [-0.39, 0.29) is 5.91 Å². The van der Waals surface area contributed by atoms with Crippen LogP contribution in [0.4, 0.5) is 5.13 Å². The number of aryl methyl sites for hydroxylation is 1. The molecule has 1 atom stereocenters. The molecule has 1 aromatic heterocycles. The van der Waals surface area contributed by atoms with Crippen LogP contribution in [0.5, 0.6) is 0 Å². The summed E-state index contributed by atoms with van der Waals surface area (Å²) < 4.78 is 0. The molecule has 1 saturated heterocycles. The van der Waals surface area contributed by atoms with Crippen molar-refractivity contribution >= 4 is 22.4 Å². The number of anilines is 1. The second kappa shape index (κ2) is 6.75. The maximum Gasteiger partial charge on any atom is 0.239 e. The van der Waals surface area contributed by atoms with Crippen molar-refractivity contribution in [2.45, 2.75) is 45.1 Å². The Morgan fingerprint density at radius 1 is 1.48 bits per heavy atom. The van der Waals surface area contributed by atoms with E-state index in [1.807, 2.05) is 0 Å². The zero-order chi connectivity index (χ0) is 14.7. The number of hydrogen-bond acceptors (Lipinski definition) is 5. The van der Waals surface area contributed by atoms with Crippen LogP contribution in [0.15, 0.2) is 0 Å². The summed E-state index contributed by atoms with van der Waals surface area (Å²) in [6, 6.07) is 0.402. The lowest BCUT2D eigenvalue weighted by Crippen LogP contribution is -2.33. The van der Waals surface area contributed by atoms with Gasteiger partial charge in [0.05, 0.1) is 18.3 Å². The SMILES string of the molecule is CCCNC1CCCc2sc(N3CCCNC(=O)C3)nc21. The molecule has 0 bridgehead atoms. The monoisotopic (exact) mass is 308 g/mol. The van der Waals surface area contributed by atoms with Crippen molar-refractivity contribution in [3.05, 3.63) is 10.6 Å². The third-order valence-corrected chi connectivity index (χ3v) is 5.31. The van der Waals surface area contributed by atoms with Gasteiger partial charge in [-0.05, 0) is 38.6 Å². The van der Waals surface area contributed by atoms with Gasteiger partial charge in [-0.2, -0.15) is 0 Å². The minimum Gasteiger partial charge on any atom is -0.354 e. The topological polar surface area (TPSA) is 57.3 Å². The molecule has 0 spiro atoms. The number of hydrogen-bond donors (Lipinski definition) is 2. The van der Waals surface area contributed by atoms with Crippen LogP contribution in [0.25, 0.3) is 0 Å². The van der Waals surface area contributed by atoms with Crippen molar-refractivity contribution in [3.63, 3.8) is 0 Å².